The van der Waals surface area contributed by atoms with Crippen molar-refractivity contribution in [3.8, 4) is 5.75 Å². The third-order valence-electron chi connectivity index (χ3n) is 7.61. The first-order valence-electron chi connectivity index (χ1n) is 14.9. The number of carbonyl (C=O) groups excluding carboxylic acids is 1. The zero-order valence-electron chi connectivity index (χ0n) is 27.0. The summed E-state index contributed by atoms with van der Waals surface area (Å²) in [5.41, 5.74) is 1.49. The summed E-state index contributed by atoms with van der Waals surface area (Å²) in [6.07, 6.45) is 1.05. The summed E-state index contributed by atoms with van der Waals surface area (Å²) in [7, 11) is -7.24. The molecule has 16 heteroatoms. The van der Waals surface area contributed by atoms with Crippen LogP contribution in [0.25, 0.3) is 0 Å². The van der Waals surface area contributed by atoms with Gasteiger partial charge in [0, 0.05) is 59.3 Å². The highest BCUT2D eigenvalue weighted by Gasteiger charge is 2.29. The van der Waals surface area contributed by atoms with Crippen LogP contribution in [0.15, 0.2) is 65.6 Å². The number of hydrogen-bond acceptors (Lipinski definition) is 8. The molecular formula is C31H40Cl2N4O7S2Si. The minimum absolute atomic E-state index is 0.0457. The molecule has 47 heavy (non-hydrogen) atoms. The van der Waals surface area contributed by atoms with E-state index in [9.17, 15) is 21.6 Å². The highest BCUT2D eigenvalue weighted by Crippen LogP contribution is 2.38. The van der Waals surface area contributed by atoms with Crippen molar-refractivity contribution >= 4 is 74.3 Å². The molecule has 0 spiro atoms. The molecule has 4 rings (SSSR count). The van der Waals surface area contributed by atoms with Gasteiger partial charge in [0.05, 0.1) is 32.4 Å². The van der Waals surface area contributed by atoms with Crippen LogP contribution in [0.1, 0.15) is 10.4 Å². The van der Waals surface area contributed by atoms with Crippen LogP contribution in [0, 0.1) is 0 Å². The third kappa shape index (κ3) is 9.62. The molecule has 1 fully saturated rings. The Hall–Kier alpha value is -2.85. The Balaban J connectivity index is 1.35. The molecule has 0 aromatic heterocycles. The lowest BCUT2D eigenvalue weighted by atomic mass is 10.1. The fraction of sp³-hybridized carbons (Fsp3) is 0.387. The smallest absolute Gasteiger partial charge is 0.257 e. The number of anilines is 3. The molecule has 0 radical (unpaired) electrons. The zero-order chi connectivity index (χ0) is 34.6. The van der Waals surface area contributed by atoms with Gasteiger partial charge in [-0.05, 0) is 54.6 Å². The van der Waals surface area contributed by atoms with E-state index in [0.717, 1.165) is 22.3 Å². The highest BCUT2D eigenvalue weighted by molar-refractivity contribution is 7.92. The van der Waals surface area contributed by atoms with Gasteiger partial charge in [0.25, 0.3) is 5.91 Å². The van der Waals surface area contributed by atoms with Crippen LogP contribution in [0.5, 0.6) is 5.75 Å². The molecule has 3 aromatic rings. The summed E-state index contributed by atoms with van der Waals surface area (Å²) in [4.78, 5) is 15.1. The lowest BCUT2D eigenvalue weighted by molar-refractivity contribution is 0.0221. The van der Waals surface area contributed by atoms with Crippen LogP contribution < -0.4 is 19.3 Å². The standard InChI is InChI=1S/C31H40Cl2N4O7S2Si/c1-35(45(2,39)40)29-9-7-6-8-26(29)31(38)34-23-10-12-25(13-11-23)46(41,42)37-16-14-36(15-17-37)24-20-27(32)30(28(33)21-24)44-22-43-18-19-47(3,4)5/h6-13,20-21H,14-19,22H2,1-5H3,(H,34,38). The monoisotopic (exact) mass is 742 g/mol. The molecule has 1 saturated heterocycles. The maximum Gasteiger partial charge on any atom is 0.257 e. The van der Waals surface area contributed by atoms with E-state index in [-0.39, 0.29) is 36.0 Å². The molecule has 0 saturated carbocycles. The summed E-state index contributed by atoms with van der Waals surface area (Å²) in [5.74, 6) is -0.190. The minimum Gasteiger partial charge on any atom is -0.464 e. The Morgan fingerprint density at radius 3 is 2.11 bits per heavy atom. The quantitative estimate of drug-likeness (QED) is 0.132. The fourth-order valence-electron chi connectivity index (χ4n) is 4.77. The van der Waals surface area contributed by atoms with E-state index < -0.39 is 34.0 Å². The molecule has 0 aliphatic carbocycles. The normalized spacial score (nSPS) is 14.6. The van der Waals surface area contributed by atoms with Gasteiger partial charge in [-0.3, -0.25) is 9.10 Å². The van der Waals surface area contributed by atoms with Crippen molar-refractivity contribution in [2.24, 2.45) is 0 Å². The molecule has 11 nitrogen and oxygen atoms in total. The molecule has 1 N–H and O–H groups in total. The van der Waals surface area contributed by atoms with Gasteiger partial charge < -0.3 is 19.7 Å². The van der Waals surface area contributed by atoms with Crippen molar-refractivity contribution in [2.75, 3.05) is 67.4 Å². The van der Waals surface area contributed by atoms with Crippen molar-refractivity contribution in [1.82, 2.24) is 4.31 Å². The van der Waals surface area contributed by atoms with E-state index >= 15 is 0 Å². The largest absolute Gasteiger partial charge is 0.464 e. The maximum absolute atomic E-state index is 13.4. The molecule has 1 heterocycles. The number of amides is 1. The zero-order valence-corrected chi connectivity index (χ0v) is 31.1. The van der Waals surface area contributed by atoms with E-state index in [2.05, 4.69) is 25.0 Å². The highest BCUT2D eigenvalue weighted by atomic mass is 35.5. The number of carbonyl (C=O) groups is 1. The van der Waals surface area contributed by atoms with Crippen molar-refractivity contribution in [2.45, 2.75) is 30.6 Å². The number of nitrogens with one attached hydrogen (secondary N) is 1. The number of sulfonamides is 2. The van der Waals surface area contributed by atoms with Crippen LogP contribution in [-0.4, -0.2) is 88.0 Å². The summed E-state index contributed by atoms with van der Waals surface area (Å²) in [5, 5.41) is 3.39. The first-order chi connectivity index (χ1) is 22.0. The summed E-state index contributed by atoms with van der Waals surface area (Å²) >= 11 is 13.0. The molecule has 0 atom stereocenters. The van der Waals surface area contributed by atoms with Crippen LogP contribution in [0.4, 0.5) is 17.1 Å². The minimum atomic E-state index is -3.81. The molecule has 3 aromatic carbocycles. The van der Waals surface area contributed by atoms with Crippen LogP contribution in [0.3, 0.4) is 0 Å². The fourth-order valence-corrected chi connectivity index (χ4v) is 8.05. The predicted octanol–water partition coefficient (Wildman–Crippen LogP) is 5.84. The van der Waals surface area contributed by atoms with Gasteiger partial charge in [0.2, 0.25) is 20.0 Å². The van der Waals surface area contributed by atoms with Crippen molar-refractivity contribution in [1.29, 1.82) is 0 Å². The van der Waals surface area contributed by atoms with Crippen molar-refractivity contribution < 1.29 is 31.1 Å². The average Bonchev–Trinajstić information content (AvgIpc) is 3.01. The lowest BCUT2D eigenvalue weighted by Gasteiger charge is -2.35. The Morgan fingerprint density at radius 1 is 0.936 bits per heavy atom. The van der Waals surface area contributed by atoms with Gasteiger partial charge in [-0.2, -0.15) is 4.31 Å². The second kappa shape index (κ2) is 15.1. The van der Waals surface area contributed by atoms with E-state index in [1.807, 2.05) is 4.90 Å². The number of ether oxygens (including phenoxy) is 2. The topological polar surface area (TPSA) is 126 Å². The molecular weight excluding hydrogens is 703 g/mol. The van der Waals surface area contributed by atoms with Crippen LogP contribution in [-0.2, 0) is 24.8 Å². The first kappa shape index (κ1) is 37.0. The second-order valence-corrected chi connectivity index (χ2v) is 22.7. The number of hydrogen-bond donors (Lipinski definition) is 1. The number of para-hydroxylation sites is 1. The predicted molar refractivity (Wildman–Crippen MR) is 191 cm³/mol. The average molecular weight is 744 g/mol. The Labute approximate surface area is 288 Å². The molecule has 1 aliphatic rings. The molecule has 0 bridgehead atoms. The lowest BCUT2D eigenvalue weighted by Crippen LogP contribution is -2.48. The van der Waals surface area contributed by atoms with Crippen molar-refractivity contribution in [3.63, 3.8) is 0 Å². The summed E-state index contributed by atoms with van der Waals surface area (Å²) in [6, 6.07) is 16.7. The number of benzene rings is 3. The Morgan fingerprint density at radius 2 is 1.53 bits per heavy atom. The van der Waals surface area contributed by atoms with E-state index in [1.54, 1.807) is 24.3 Å². The van der Waals surface area contributed by atoms with Crippen LogP contribution in [0.2, 0.25) is 35.7 Å². The van der Waals surface area contributed by atoms with E-state index in [0.29, 0.717) is 41.2 Å². The number of piperazine rings is 1. The molecule has 0 unspecified atom stereocenters. The molecule has 1 aliphatic heterocycles. The Kier molecular flexibility index (Phi) is 11.9. The number of rotatable bonds is 13. The van der Waals surface area contributed by atoms with Gasteiger partial charge >= 0.3 is 0 Å². The maximum atomic E-state index is 13.4. The second-order valence-electron chi connectivity index (χ2n) is 12.3. The van der Waals surface area contributed by atoms with Gasteiger partial charge in [-0.25, -0.2) is 16.8 Å². The van der Waals surface area contributed by atoms with E-state index in [1.165, 1.54) is 47.8 Å². The van der Waals surface area contributed by atoms with Crippen molar-refractivity contribution in [3.05, 3.63) is 76.3 Å². The van der Waals surface area contributed by atoms with Crippen LogP contribution >= 0.6 is 23.2 Å². The van der Waals surface area contributed by atoms with Gasteiger partial charge in [0.1, 0.15) is 0 Å². The van der Waals surface area contributed by atoms with Gasteiger partial charge in [-0.15, -0.1) is 0 Å². The number of halogens is 2. The Bertz CT molecular complexity index is 1770. The SMILES string of the molecule is CN(c1ccccc1C(=O)Nc1ccc(S(=O)(=O)N2CCN(c3cc(Cl)c(OCOCC[Si](C)(C)C)c(Cl)c3)CC2)cc1)S(C)(=O)=O. The summed E-state index contributed by atoms with van der Waals surface area (Å²) < 4.78 is 64.7. The molecule has 1 amide bonds. The van der Waals surface area contributed by atoms with Gasteiger partial charge in [-0.1, -0.05) is 55.0 Å². The third-order valence-corrected chi connectivity index (χ3v) is 13.0. The summed E-state index contributed by atoms with van der Waals surface area (Å²) in [6.45, 7) is 8.79. The first-order valence-corrected chi connectivity index (χ1v) is 22.6. The number of nitrogens with zero attached hydrogens (tertiary/aromatic N) is 3. The molecule has 256 valence electrons. The van der Waals surface area contributed by atoms with Gasteiger partial charge in [0.15, 0.2) is 12.5 Å². The van der Waals surface area contributed by atoms with E-state index in [4.69, 9.17) is 32.7 Å².